The third-order valence-electron chi connectivity index (χ3n) is 28.9. The fourth-order valence-corrected chi connectivity index (χ4v) is 27.4. The van der Waals surface area contributed by atoms with E-state index in [0.29, 0.717) is 25.0 Å². The van der Waals surface area contributed by atoms with Crippen molar-refractivity contribution in [3.63, 3.8) is 0 Å². The molecule has 83 heavy (non-hydrogen) atoms. The molecule has 1 aliphatic heterocycles. The number of hydrogen-bond acceptors (Lipinski definition) is 3. The molecule has 1 fully saturated rings. The number of likely N-dealkylation sites (tertiary alicyclic amines) is 1. The first-order valence-electron chi connectivity index (χ1n) is 31.8. The van der Waals surface area contributed by atoms with Gasteiger partial charge in [-0.3, -0.25) is 4.90 Å². The summed E-state index contributed by atoms with van der Waals surface area (Å²) in [6.45, 7) is 14.1. The van der Waals surface area contributed by atoms with E-state index in [1.54, 1.807) is 313 Å². The molecule has 29 aromatic rings. The second-order valence-corrected chi connectivity index (χ2v) is 30.6. The Hall–Kier alpha value is -8.76. The zero-order valence-corrected chi connectivity index (χ0v) is 45.7. The van der Waals surface area contributed by atoms with Crippen LogP contribution in [0.15, 0.2) is 12.1 Å². The Bertz CT molecular complexity index is 7630. The summed E-state index contributed by atoms with van der Waals surface area (Å²) in [7, 11) is 2.58. The van der Waals surface area contributed by atoms with Crippen molar-refractivity contribution in [2.75, 3.05) is 26.8 Å². The molecule has 0 saturated carbocycles. The summed E-state index contributed by atoms with van der Waals surface area (Å²) in [6.07, 6.45) is 2.19. The molecule has 4 aliphatic carbocycles. The molecule has 0 N–H and O–H groups in total. The quantitative estimate of drug-likeness (QED) is 0.135. The second kappa shape index (κ2) is 8.65. The second-order valence-electron chi connectivity index (χ2n) is 30.6. The first-order valence-corrected chi connectivity index (χ1v) is 31.8. The molecule has 0 aromatic heterocycles. The highest BCUT2D eigenvalue weighted by molar-refractivity contribution is 6.82. The molecule has 3 atom stereocenters. The molecule has 0 radical (unpaired) electrons. The summed E-state index contributed by atoms with van der Waals surface area (Å²) in [5.74, 6) is 3.01. The maximum Gasteiger partial charge on any atom is 0.124 e. The lowest BCUT2D eigenvalue weighted by Gasteiger charge is -2.52. The Labute approximate surface area is 462 Å². The van der Waals surface area contributed by atoms with Crippen molar-refractivity contribution < 1.29 is 9.47 Å². The zero-order chi connectivity index (χ0) is 51.5. The number of hydrogen-bond donors (Lipinski definition) is 0. The minimum absolute atomic E-state index is 0.0308. The van der Waals surface area contributed by atoms with Gasteiger partial charge in [-0.05, 0) is 357 Å². The van der Waals surface area contributed by atoms with Crippen LogP contribution in [0.3, 0.4) is 0 Å². The van der Waals surface area contributed by atoms with Gasteiger partial charge in [0.05, 0.1) is 30.1 Å². The molecule has 5 aliphatic rings. The number of nitrogens with zero attached hydrogens (tertiary/aromatic N) is 1. The highest BCUT2D eigenvalue weighted by atomic mass is 16.5. The van der Waals surface area contributed by atoms with E-state index in [1.807, 2.05) is 0 Å². The molecule has 1 saturated heterocycles. The van der Waals surface area contributed by atoms with Gasteiger partial charge in [-0.15, -0.1) is 0 Å². The predicted octanol–water partition coefficient (Wildman–Crippen LogP) is 21.1. The highest BCUT2D eigenvalue weighted by Gasteiger charge is 2.76. The van der Waals surface area contributed by atoms with Crippen molar-refractivity contribution in [1.82, 2.24) is 4.90 Å². The van der Waals surface area contributed by atoms with Crippen molar-refractivity contribution >= 4 is 291 Å². The van der Waals surface area contributed by atoms with E-state index in [1.165, 1.54) is 11.1 Å². The number of benzene rings is 19. The number of aryl methyl sites for hydroxylation is 1. The van der Waals surface area contributed by atoms with Gasteiger partial charge >= 0.3 is 0 Å². The Morgan fingerprint density at radius 3 is 0.831 bits per heavy atom. The average molecular weight is 1040 g/mol. The number of ether oxygens (including phenoxy) is 2. The van der Waals surface area contributed by atoms with Crippen LogP contribution in [-0.4, -0.2) is 31.7 Å². The highest BCUT2D eigenvalue weighted by Crippen LogP contribution is 2.87. The van der Waals surface area contributed by atoms with Crippen LogP contribution in [0.25, 0.3) is 291 Å². The summed E-state index contributed by atoms with van der Waals surface area (Å²) in [5.41, 5.74) is 8.61. The summed E-state index contributed by atoms with van der Waals surface area (Å²) in [5, 5.41) is 89.3. The fourth-order valence-electron chi connectivity index (χ4n) is 27.4. The Morgan fingerprint density at radius 2 is 0.578 bits per heavy atom. The van der Waals surface area contributed by atoms with Gasteiger partial charge in [0, 0.05) is 12.1 Å². The van der Waals surface area contributed by atoms with Crippen LogP contribution < -0.4 is 9.47 Å². The van der Waals surface area contributed by atoms with Crippen molar-refractivity contribution in [2.24, 2.45) is 11.8 Å². The fraction of sp³-hybridized carbons (Fsp3) is 0.200. The minimum Gasteiger partial charge on any atom is -0.493 e. The van der Waals surface area contributed by atoms with Gasteiger partial charge in [-0.25, -0.2) is 0 Å². The minimum atomic E-state index is -0.467. The molecule has 29 aromatic carbocycles. The van der Waals surface area contributed by atoms with Crippen LogP contribution in [0.1, 0.15) is 80.0 Å². The van der Waals surface area contributed by atoms with E-state index < -0.39 is 5.41 Å². The molecule has 0 amide bonds. The lowest BCUT2D eigenvalue weighted by molar-refractivity contribution is 0.226. The van der Waals surface area contributed by atoms with Crippen LogP contribution in [0.5, 0.6) is 11.5 Å². The lowest BCUT2D eigenvalue weighted by atomic mass is 9.47. The van der Waals surface area contributed by atoms with Crippen molar-refractivity contribution in [3.8, 4) is 11.5 Å². The molecular formula is C80H33NO2. The summed E-state index contributed by atoms with van der Waals surface area (Å²) in [6, 6.07) is 4.97. The van der Waals surface area contributed by atoms with E-state index in [4.69, 9.17) is 9.47 Å². The monoisotopic (exact) mass is 1040 g/mol. The molecule has 0 bridgehead atoms. The largest absolute Gasteiger partial charge is 0.493 e. The van der Waals surface area contributed by atoms with E-state index in [-0.39, 0.29) is 11.5 Å². The van der Waals surface area contributed by atoms with Crippen LogP contribution >= 0.6 is 0 Å². The van der Waals surface area contributed by atoms with Crippen molar-refractivity contribution in [3.05, 3.63) is 45.5 Å². The standard InChI is InChI=1S/C80H33NO2/c1-7-14(3)11-82-18-10-17(19(9-16(18)5)83-12-15(4)8-2)78-80-76-70-64-54-42-34-26-22-20-21-24-28(26)36(42)46-40-32(24)33-25(21)29-27-23(20)31-30(22)38-44(34)52-58-48(38)49-39(31)45-35(27)43-37(29)47-41(33)51-50(40)62(56(46)64)72(76)73-63(51)57(47)65-55(43)61-53(45)59(49)67-66(58)74(68(70)60(52)54)79(80,13-81(78)6)75(67)69(61)71(65)77(73)80/h9-10,14-15,78H,7-8,11-13H2,1-6H3/t14-,15-,78?,79?,80?/m0/s1. The first kappa shape index (κ1) is 35.3. The molecule has 2 spiro atoms. The SMILES string of the molecule is CC[C@H](C)COc1cc(C2N(C)CC34c5c6c7c8c9c%10c(c%11c%12c3c3c5c5c%13c6c6c7c7c9c9c%14c%10c%10c%11c%11c%12c%12c3c3c5c5c%13c%13c6c6c7c9c7c9c%14c%10c%10c%11c%11c%12c3c3c5c5c%13c6c7c6c9c%10c%11c3c56)C824)c(OC[C@@H](C)CC)cc1C. The van der Waals surface area contributed by atoms with Crippen LogP contribution in [0, 0.1) is 18.8 Å². The molecule has 3 nitrogen and oxygen atoms in total. The smallest absolute Gasteiger partial charge is 0.124 e. The van der Waals surface area contributed by atoms with E-state index >= 15 is 0 Å². The van der Waals surface area contributed by atoms with Gasteiger partial charge in [0.2, 0.25) is 0 Å². The molecule has 1 unspecified atom stereocenters. The predicted molar refractivity (Wildman–Crippen MR) is 350 cm³/mol. The number of likely N-dealkylation sites (N-methyl/N-ethyl adjacent to an activating group) is 1. The zero-order valence-electron chi connectivity index (χ0n) is 45.7. The average Bonchev–Trinajstić information content (AvgIpc) is 1.40. The van der Waals surface area contributed by atoms with E-state index in [2.05, 4.69) is 58.7 Å². The number of rotatable bonds is 9. The van der Waals surface area contributed by atoms with Gasteiger partial charge in [-0.1, -0.05) is 40.5 Å². The van der Waals surface area contributed by atoms with E-state index in [0.717, 1.165) is 30.9 Å². The van der Waals surface area contributed by atoms with Crippen LogP contribution in [-0.2, 0) is 10.8 Å². The van der Waals surface area contributed by atoms with Crippen LogP contribution in [0.4, 0.5) is 0 Å². The Balaban J connectivity index is 0.989. The molecule has 1 heterocycles. The summed E-state index contributed by atoms with van der Waals surface area (Å²) < 4.78 is 14.7. The normalized spacial score (nSPS) is 22.8. The van der Waals surface area contributed by atoms with Gasteiger partial charge < -0.3 is 9.47 Å². The third kappa shape index (κ3) is 2.18. The Kier molecular flexibility index (Phi) is 3.68. The lowest BCUT2D eigenvalue weighted by Crippen LogP contribution is -2.52. The topological polar surface area (TPSA) is 21.7 Å². The summed E-state index contributed by atoms with van der Waals surface area (Å²) in [4.78, 5) is 2.95. The first-order chi connectivity index (χ1) is 40.9. The summed E-state index contributed by atoms with van der Waals surface area (Å²) >= 11 is 0. The van der Waals surface area contributed by atoms with Gasteiger partial charge in [0.25, 0.3) is 0 Å². The third-order valence-corrected chi connectivity index (χ3v) is 28.9. The van der Waals surface area contributed by atoms with Crippen molar-refractivity contribution in [2.45, 2.75) is 64.3 Å². The molecule has 370 valence electrons. The van der Waals surface area contributed by atoms with Crippen molar-refractivity contribution in [1.29, 1.82) is 0 Å². The molecule has 3 heteroatoms. The maximum absolute atomic E-state index is 7.53. The Morgan fingerprint density at radius 1 is 0.349 bits per heavy atom. The van der Waals surface area contributed by atoms with Gasteiger partial charge in [0.15, 0.2) is 0 Å². The van der Waals surface area contributed by atoms with Gasteiger partial charge in [0.1, 0.15) is 11.5 Å². The molecular weight excluding hydrogens is 1010 g/mol. The molecule has 34 rings (SSSR count). The van der Waals surface area contributed by atoms with Crippen LogP contribution in [0.2, 0.25) is 0 Å². The van der Waals surface area contributed by atoms with E-state index in [9.17, 15) is 0 Å². The van der Waals surface area contributed by atoms with Gasteiger partial charge in [-0.2, -0.15) is 0 Å². The maximum atomic E-state index is 7.53.